The minimum absolute atomic E-state index is 0.211. The largest absolute Gasteiger partial charge is 0.481 e. The van der Waals surface area contributed by atoms with Crippen LogP contribution in [0, 0.1) is 17.8 Å². The van der Waals surface area contributed by atoms with Crippen LogP contribution in [0.15, 0.2) is 0 Å². The lowest BCUT2D eigenvalue weighted by atomic mass is 9.86. The van der Waals surface area contributed by atoms with Gasteiger partial charge in [0, 0.05) is 11.8 Å². The lowest BCUT2D eigenvalue weighted by Gasteiger charge is -2.37. The molecule has 0 unspecified atom stereocenters. The molecule has 3 aliphatic carbocycles. The molecular weight excluding hydrogens is 248 g/mol. The summed E-state index contributed by atoms with van der Waals surface area (Å²) in [4.78, 5) is 23.1. The van der Waals surface area contributed by atoms with Crippen molar-refractivity contribution in [2.75, 3.05) is 0 Å². The molecule has 0 heterocycles. The van der Waals surface area contributed by atoms with E-state index in [1.165, 1.54) is 6.42 Å². The van der Waals surface area contributed by atoms with Gasteiger partial charge in [-0.2, -0.15) is 0 Å². The van der Waals surface area contributed by atoms with Crippen molar-refractivity contribution in [2.45, 2.75) is 56.8 Å². The number of carbonyl (C=O) groups is 2. The first-order valence-electron chi connectivity index (χ1n) is 7.07. The van der Waals surface area contributed by atoms with Gasteiger partial charge in [-0.3, -0.25) is 9.59 Å². The van der Waals surface area contributed by atoms with Crippen LogP contribution in [0.1, 0.15) is 39.0 Å². The molecule has 3 saturated carbocycles. The Hall–Kier alpha value is -0.940. The van der Waals surface area contributed by atoms with Crippen LogP contribution in [-0.2, 0) is 14.3 Å². The Balaban J connectivity index is 1.68. The molecule has 0 aromatic rings. The molecule has 3 rings (SSSR count). The topological polar surface area (TPSA) is 83.8 Å². The number of fused-ring (bicyclic) bond motifs is 1. The fraction of sp³-hybridized carbons (Fsp3) is 0.857. The standard InChI is InChI=1S/C14H20O5/c1-14(5-3-2-4-6-14)19-12-10(15)7-8(11(12)16)9(7)13(17)18/h7-10,12,15H,2-6H2,1H3,(H,17,18)/t7-,8+,9+,10-,12-/m1/s1. The van der Waals surface area contributed by atoms with Crippen LogP contribution in [0.5, 0.6) is 0 Å². The Labute approximate surface area is 111 Å². The average molecular weight is 268 g/mol. The van der Waals surface area contributed by atoms with Crippen molar-refractivity contribution in [3.63, 3.8) is 0 Å². The summed E-state index contributed by atoms with van der Waals surface area (Å²) < 4.78 is 5.90. The van der Waals surface area contributed by atoms with E-state index in [0.717, 1.165) is 25.7 Å². The summed E-state index contributed by atoms with van der Waals surface area (Å²) in [6, 6.07) is 0. The molecule has 0 bridgehead atoms. The predicted octanol–water partition coefficient (Wildman–Crippen LogP) is 0.985. The maximum absolute atomic E-state index is 12.1. The van der Waals surface area contributed by atoms with Crippen LogP contribution in [0.3, 0.4) is 0 Å². The number of carboxylic acids is 1. The van der Waals surface area contributed by atoms with Gasteiger partial charge >= 0.3 is 5.97 Å². The molecule has 3 aliphatic rings. The van der Waals surface area contributed by atoms with Gasteiger partial charge in [-0.15, -0.1) is 0 Å². The van der Waals surface area contributed by atoms with Gasteiger partial charge in [0.15, 0.2) is 5.78 Å². The number of aliphatic hydroxyl groups is 1. The summed E-state index contributed by atoms with van der Waals surface area (Å²) in [5, 5.41) is 19.1. The number of hydrogen-bond acceptors (Lipinski definition) is 4. The molecule has 0 radical (unpaired) electrons. The third-order valence-electron chi connectivity index (χ3n) is 5.00. The smallest absolute Gasteiger partial charge is 0.307 e. The Morgan fingerprint density at radius 1 is 1.32 bits per heavy atom. The predicted molar refractivity (Wildman–Crippen MR) is 65.5 cm³/mol. The van der Waals surface area contributed by atoms with E-state index >= 15 is 0 Å². The molecule has 5 nitrogen and oxygen atoms in total. The normalized spacial score (nSPS) is 43.9. The number of carbonyl (C=O) groups excluding carboxylic acids is 1. The minimum atomic E-state index is -0.982. The van der Waals surface area contributed by atoms with Crippen LogP contribution >= 0.6 is 0 Å². The van der Waals surface area contributed by atoms with Crippen molar-refractivity contribution in [3.8, 4) is 0 Å². The number of aliphatic carboxylic acids is 1. The first-order valence-corrected chi connectivity index (χ1v) is 7.07. The summed E-state index contributed by atoms with van der Waals surface area (Å²) >= 11 is 0. The highest BCUT2D eigenvalue weighted by atomic mass is 16.5. The second-order valence-electron chi connectivity index (χ2n) is 6.41. The molecular formula is C14H20O5. The third kappa shape index (κ3) is 1.99. The molecule has 5 heteroatoms. The van der Waals surface area contributed by atoms with E-state index in [1.54, 1.807) is 0 Å². The van der Waals surface area contributed by atoms with Gasteiger partial charge in [-0.05, 0) is 19.8 Å². The number of ketones is 1. The number of carboxylic acid groups (broad SMARTS) is 1. The number of hydrogen-bond donors (Lipinski definition) is 2. The molecule has 2 N–H and O–H groups in total. The molecule has 3 fully saturated rings. The highest BCUT2D eigenvalue weighted by molar-refractivity contribution is 5.98. The van der Waals surface area contributed by atoms with E-state index in [9.17, 15) is 14.7 Å². The van der Waals surface area contributed by atoms with Crippen LogP contribution < -0.4 is 0 Å². The zero-order valence-electron chi connectivity index (χ0n) is 11.0. The first kappa shape index (κ1) is 13.1. The van der Waals surface area contributed by atoms with Gasteiger partial charge < -0.3 is 14.9 Å². The average Bonchev–Trinajstić information content (AvgIpc) is 3.05. The van der Waals surface area contributed by atoms with E-state index in [0.29, 0.717) is 0 Å². The van der Waals surface area contributed by atoms with Crippen molar-refractivity contribution < 1.29 is 24.5 Å². The number of aliphatic hydroxyl groups excluding tert-OH is 1. The maximum atomic E-state index is 12.1. The molecule has 0 aromatic carbocycles. The van der Waals surface area contributed by atoms with Crippen molar-refractivity contribution in [3.05, 3.63) is 0 Å². The van der Waals surface area contributed by atoms with E-state index in [-0.39, 0.29) is 11.4 Å². The molecule has 0 amide bonds. The Bertz CT molecular complexity index is 412. The number of Topliss-reactive ketones (excluding diaryl/α,β-unsaturated/α-hetero) is 1. The van der Waals surface area contributed by atoms with Crippen molar-refractivity contribution in [2.24, 2.45) is 17.8 Å². The van der Waals surface area contributed by atoms with Crippen LogP contribution in [0.4, 0.5) is 0 Å². The highest BCUT2D eigenvalue weighted by Gasteiger charge is 2.71. The van der Waals surface area contributed by atoms with Gasteiger partial charge in [0.1, 0.15) is 6.10 Å². The second kappa shape index (κ2) is 4.28. The minimum Gasteiger partial charge on any atom is -0.481 e. The molecule has 0 saturated heterocycles. The zero-order chi connectivity index (χ0) is 13.8. The maximum Gasteiger partial charge on any atom is 0.307 e. The fourth-order valence-electron chi connectivity index (χ4n) is 3.86. The summed E-state index contributed by atoms with van der Waals surface area (Å²) in [7, 11) is 0. The lowest BCUT2D eigenvalue weighted by Crippen LogP contribution is -2.44. The van der Waals surface area contributed by atoms with E-state index in [2.05, 4.69) is 0 Å². The van der Waals surface area contributed by atoms with Crippen molar-refractivity contribution >= 4 is 11.8 Å². The van der Waals surface area contributed by atoms with Gasteiger partial charge in [0.2, 0.25) is 0 Å². The van der Waals surface area contributed by atoms with E-state index < -0.39 is 35.9 Å². The summed E-state index contributed by atoms with van der Waals surface area (Å²) in [6.45, 7) is 1.99. The quantitative estimate of drug-likeness (QED) is 0.797. The second-order valence-corrected chi connectivity index (χ2v) is 6.41. The summed E-state index contributed by atoms with van der Waals surface area (Å²) in [6.07, 6.45) is 3.40. The Morgan fingerprint density at radius 2 is 1.95 bits per heavy atom. The molecule has 5 atom stereocenters. The first-order chi connectivity index (χ1) is 8.94. The fourth-order valence-corrected chi connectivity index (χ4v) is 3.86. The lowest BCUT2D eigenvalue weighted by molar-refractivity contribution is -0.163. The van der Waals surface area contributed by atoms with Gasteiger partial charge in [0.25, 0.3) is 0 Å². The Kier molecular flexibility index (Phi) is 2.94. The molecule has 19 heavy (non-hydrogen) atoms. The van der Waals surface area contributed by atoms with Gasteiger partial charge in [0.05, 0.1) is 17.6 Å². The number of ether oxygens (including phenoxy) is 1. The van der Waals surface area contributed by atoms with Crippen LogP contribution in [0.25, 0.3) is 0 Å². The molecule has 0 aliphatic heterocycles. The van der Waals surface area contributed by atoms with Gasteiger partial charge in [-0.25, -0.2) is 0 Å². The third-order valence-corrected chi connectivity index (χ3v) is 5.00. The van der Waals surface area contributed by atoms with Crippen molar-refractivity contribution in [1.29, 1.82) is 0 Å². The van der Waals surface area contributed by atoms with Crippen LogP contribution in [-0.4, -0.2) is 39.8 Å². The van der Waals surface area contributed by atoms with Gasteiger partial charge in [-0.1, -0.05) is 19.3 Å². The zero-order valence-corrected chi connectivity index (χ0v) is 11.0. The molecule has 0 spiro atoms. The van der Waals surface area contributed by atoms with Crippen molar-refractivity contribution in [1.82, 2.24) is 0 Å². The molecule has 106 valence electrons. The summed E-state index contributed by atoms with van der Waals surface area (Å²) in [5.41, 5.74) is -0.338. The highest BCUT2D eigenvalue weighted by Crippen LogP contribution is 2.57. The SMILES string of the molecule is CC1(O[C@H]2C(=O)[C@@H]3[C@@H](C(=O)O)[C@@H]3[C@H]2O)CCCCC1. The van der Waals surface area contributed by atoms with E-state index in [4.69, 9.17) is 9.84 Å². The molecule has 0 aromatic heterocycles. The van der Waals surface area contributed by atoms with E-state index in [1.807, 2.05) is 6.92 Å². The summed E-state index contributed by atoms with van der Waals surface area (Å²) in [5.74, 6) is -2.84. The number of rotatable bonds is 3. The monoisotopic (exact) mass is 268 g/mol. The van der Waals surface area contributed by atoms with Crippen LogP contribution in [0.2, 0.25) is 0 Å². The Morgan fingerprint density at radius 3 is 2.42 bits per heavy atom.